The van der Waals surface area contributed by atoms with Crippen molar-refractivity contribution in [3.8, 4) is 16.9 Å². The van der Waals surface area contributed by atoms with Gasteiger partial charge >= 0.3 is 6.18 Å². The lowest BCUT2D eigenvalue weighted by molar-refractivity contribution is -0.140. The summed E-state index contributed by atoms with van der Waals surface area (Å²) < 4.78 is 72.1. The van der Waals surface area contributed by atoms with Crippen molar-refractivity contribution in [3.05, 3.63) is 87.3 Å². The highest BCUT2D eigenvalue weighted by atomic mass is 19.4. The van der Waals surface area contributed by atoms with Crippen molar-refractivity contribution < 1.29 is 31.5 Å². The molecule has 0 aliphatic heterocycles. The van der Waals surface area contributed by atoms with Gasteiger partial charge in [-0.3, -0.25) is 9.59 Å². The molecule has 0 bridgehead atoms. The number of halogens is 5. The van der Waals surface area contributed by atoms with Crippen LogP contribution in [0.3, 0.4) is 0 Å². The molecule has 3 aromatic rings. The number of nitrogens with two attached hydrogens (primary N) is 1. The Morgan fingerprint density at radius 3 is 2.30 bits per heavy atom. The van der Waals surface area contributed by atoms with E-state index in [1.54, 1.807) is 4.98 Å². The van der Waals surface area contributed by atoms with Crippen molar-refractivity contribution in [2.75, 3.05) is 0 Å². The number of carbonyl (C=O) groups is 1. The van der Waals surface area contributed by atoms with E-state index < -0.39 is 46.1 Å². The van der Waals surface area contributed by atoms with Crippen LogP contribution in [0, 0.1) is 11.6 Å². The first-order chi connectivity index (χ1) is 14.1. The summed E-state index contributed by atoms with van der Waals surface area (Å²) in [6.45, 7) is -0.304. The van der Waals surface area contributed by atoms with E-state index in [2.05, 4.69) is 0 Å². The average Bonchev–Trinajstić information content (AvgIpc) is 2.68. The van der Waals surface area contributed by atoms with Crippen LogP contribution in [0.1, 0.15) is 21.6 Å². The summed E-state index contributed by atoms with van der Waals surface area (Å²) in [6, 6.07) is 8.75. The highest BCUT2D eigenvalue weighted by molar-refractivity contribution is 5.94. The van der Waals surface area contributed by atoms with Gasteiger partial charge in [0.05, 0.1) is 0 Å². The summed E-state index contributed by atoms with van der Waals surface area (Å²) in [7, 11) is 0. The minimum Gasteiger partial charge on any atom is -0.489 e. The number of pyridine rings is 1. The van der Waals surface area contributed by atoms with Crippen LogP contribution in [-0.4, -0.2) is 10.9 Å². The van der Waals surface area contributed by atoms with Gasteiger partial charge in [-0.05, 0) is 42.0 Å². The largest absolute Gasteiger partial charge is 0.489 e. The Morgan fingerprint density at radius 2 is 1.70 bits per heavy atom. The van der Waals surface area contributed by atoms with Crippen molar-refractivity contribution in [2.45, 2.75) is 12.8 Å². The summed E-state index contributed by atoms with van der Waals surface area (Å²) in [5.41, 5.74) is 1.35. The van der Waals surface area contributed by atoms with Crippen LogP contribution in [0.4, 0.5) is 22.0 Å². The molecule has 5 nitrogen and oxygen atoms in total. The highest BCUT2D eigenvalue weighted by Crippen LogP contribution is 2.35. The van der Waals surface area contributed by atoms with Gasteiger partial charge in [-0.1, -0.05) is 12.1 Å². The molecule has 3 N–H and O–H groups in total. The van der Waals surface area contributed by atoms with Gasteiger partial charge in [0.25, 0.3) is 11.5 Å². The predicted molar refractivity (Wildman–Crippen MR) is 96.7 cm³/mol. The van der Waals surface area contributed by atoms with Gasteiger partial charge in [0.2, 0.25) is 0 Å². The highest BCUT2D eigenvalue weighted by Gasteiger charge is 2.36. The molecule has 0 saturated heterocycles. The van der Waals surface area contributed by atoms with Crippen molar-refractivity contribution in [2.24, 2.45) is 5.73 Å². The van der Waals surface area contributed by atoms with Crippen LogP contribution in [0.5, 0.6) is 5.75 Å². The molecule has 30 heavy (non-hydrogen) atoms. The van der Waals surface area contributed by atoms with E-state index in [0.717, 1.165) is 24.3 Å². The molecule has 156 valence electrons. The zero-order valence-corrected chi connectivity index (χ0v) is 15.0. The Morgan fingerprint density at radius 1 is 1.03 bits per heavy atom. The first-order valence-electron chi connectivity index (χ1n) is 8.37. The van der Waals surface area contributed by atoms with E-state index in [9.17, 15) is 31.5 Å². The molecule has 0 spiro atoms. The second-order valence-corrected chi connectivity index (χ2v) is 6.21. The summed E-state index contributed by atoms with van der Waals surface area (Å²) in [4.78, 5) is 24.7. The molecule has 2 aromatic carbocycles. The Kier molecular flexibility index (Phi) is 5.59. The zero-order valence-electron chi connectivity index (χ0n) is 15.0. The monoisotopic (exact) mass is 424 g/mol. The number of carbonyl (C=O) groups excluding carboxylic acids is 1. The Labute approximate surface area is 165 Å². The van der Waals surface area contributed by atoms with Gasteiger partial charge in [0.15, 0.2) is 0 Å². The van der Waals surface area contributed by atoms with Gasteiger partial charge in [-0.15, -0.1) is 0 Å². The molecule has 1 amide bonds. The average molecular weight is 424 g/mol. The number of primary amides is 1. The predicted octanol–water partition coefficient (Wildman–Crippen LogP) is 4.02. The van der Waals surface area contributed by atoms with E-state index in [-0.39, 0.29) is 23.5 Å². The third kappa shape index (κ3) is 4.48. The molecule has 0 unspecified atom stereocenters. The number of H-pyrrole nitrogens is 1. The number of ether oxygens (including phenoxy) is 1. The topological polar surface area (TPSA) is 85.2 Å². The Hall–Kier alpha value is -3.69. The van der Waals surface area contributed by atoms with Crippen LogP contribution < -0.4 is 16.0 Å². The fraction of sp³-hybridized carbons (Fsp3) is 0.100. The lowest BCUT2D eigenvalue weighted by Crippen LogP contribution is -2.27. The molecular weight excluding hydrogens is 411 g/mol. The Balaban J connectivity index is 1.92. The maximum atomic E-state index is 13.6. The summed E-state index contributed by atoms with van der Waals surface area (Å²) in [5.74, 6) is -2.32. The molecule has 0 aliphatic carbocycles. The van der Waals surface area contributed by atoms with E-state index in [4.69, 9.17) is 10.5 Å². The number of aromatic nitrogens is 1. The van der Waals surface area contributed by atoms with E-state index >= 15 is 0 Å². The van der Waals surface area contributed by atoms with Crippen molar-refractivity contribution in [1.29, 1.82) is 0 Å². The molecule has 1 heterocycles. The molecule has 0 aliphatic rings. The standard InChI is InChI=1S/C20H13F5N2O3/c21-12-3-6-16(22)11(7-12)9-30-13-4-1-10(2-5-13)14-8-15(18(26)28)19(29)27-17(14)20(23,24)25/h1-8H,9H2,(H2,26,28)(H,27,29). The summed E-state index contributed by atoms with van der Waals surface area (Å²) in [6.07, 6.45) is -4.89. The zero-order chi connectivity index (χ0) is 22.1. The number of hydrogen-bond donors (Lipinski definition) is 2. The number of amides is 1. The van der Waals surface area contributed by atoms with Crippen LogP contribution in [0.25, 0.3) is 11.1 Å². The fourth-order valence-corrected chi connectivity index (χ4v) is 2.71. The number of rotatable bonds is 5. The van der Waals surface area contributed by atoms with Gasteiger partial charge in [0, 0.05) is 11.1 Å². The summed E-state index contributed by atoms with van der Waals surface area (Å²) >= 11 is 0. The molecule has 0 saturated carbocycles. The minimum absolute atomic E-state index is 0.0189. The maximum absolute atomic E-state index is 13.6. The minimum atomic E-state index is -4.89. The number of hydrogen-bond acceptors (Lipinski definition) is 3. The molecule has 1 aromatic heterocycles. The van der Waals surface area contributed by atoms with Gasteiger partial charge in [-0.25, -0.2) is 8.78 Å². The van der Waals surface area contributed by atoms with E-state index in [1.165, 1.54) is 24.3 Å². The second kappa shape index (κ2) is 7.97. The smallest absolute Gasteiger partial charge is 0.431 e. The Bertz CT molecular complexity index is 1150. The quantitative estimate of drug-likeness (QED) is 0.607. The van der Waals surface area contributed by atoms with E-state index in [1.807, 2.05) is 0 Å². The third-order valence-corrected chi connectivity index (χ3v) is 4.16. The molecule has 0 radical (unpaired) electrons. The van der Waals surface area contributed by atoms with Gasteiger partial charge < -0.3 is 15.5 Å². The molecule has 10 heteroatoms. The van der Waals surface area contributed by atoms with Crippen LogP contribution in [-0.2, 0) is 12.8 Å². The molecule has 0 atom stereocenters. The lowest BCUT2D eigenvalue weighted by Gasteiger charge is -2.14. The number of aromatic amines is 1. The third-order valence-electron chi connectivity index (χ3n) is 4.16. The van der Waals surface area contributed by atoms with Crippen LogP contribution in [0.15, 0.2) is 53.3 Å². The van der Waals surface area contributed by atoms with Crippen LogP contribution in [0.2, 0.25) is 0 Å². The van der Waals surface area contributed by atoms with Gasteiger partial charge in [-0.2, -0.15) is 13.2 Å². The lowest BCUT2D eigenvalue weighted by atomic mass is 10.0. The first kappa shape index (κ1) is 21.0. The second-order valence-electron chi connectivity index (χ2n) is 6.21. The summed E-state index contributed by atoms with van der Waals surface area (Å²) in [5, 5.41) is 0. The normalized spacial score (nSPS) is 11.4. The van der Waals surface area contributed by atoms with E-state index in [0.29, 0.717) is 0 Å². The maximum Gasteiger partial charge on any atom is 0.431 e. The molecule has 3 rings (SSSR count). The SMILES string of the molecule is NC(=O)c1cc(-c2ccc(OCc3cc(F)ccc3F)cc2)c(C(F)(F)F)[nH]c1=O. The van der Waals surface area contributed by atoms with Crippen LogP contribution >= 0.6 is 0 Å². The van der Waals surface area contributed by atoms with Crippen molar-refractivity contribution >= 4 is 5.91 Å². The number of nitrogens with one attached hydrogen (secondary N) is 1. The molecule has 0 fully saturated rings. The van der Waals surface area contributed by atoms with Gasteiger partial charge in [0.1, 0.15) is 35.2 Å². The van der Waals surface area contributed by atoms with Crippen molar-refractivity contribution in [3.63, 3.8) is 0 Å². The molecular formula is C20H13F5N2O3. The first-order valence-corrected chi connectivity index (χ1v) is 8.37. The number of alkyl halides is 3. The van der Waals surface area contributed by atoms with Crippen molar-refractivity contribution in [1.82, 2.24) is 4.98 Å². The number of benzene rings is 2. The fourth-order valence-electron chi connectivity index (χ4n) is 2.71.